The second-order valence-corrected chi connectivity index (χ2v) is 7.94. The molecule has 0 bridgehead atoms. The molecule has 0 aromatic heterocycles. The molecule has 0 unspecified atom stereocenters. The van der Waals surface area contributed by atoms with Gasteiger partial charge in [-0.3, -0.25) is 0 Å². The predicted octanol–water partition coefficient (Wildman–Crippen LogP) is 5.63. The molecule has 1 aliphatic heterocycles. The van der Waals surface area contributed by atoms with Crippen LogP contribution in [0.15, 0.2) is 30.3 Å². The molecule has 1 heterocycles. The summed E-state index contributed by atoms with van der Waals surface area (Å²) >= 11 is 13.0. The molecular formula is C22H28Cl2N2O3. The summed E-state index contributed by atoms with van der Waals surface area (Å²) in [7, 11) is 0. The van der Waals surface area contributed by atoms with Crippen LogP contribution in [0, 0.1) is 0 Å². The Kier molecular flexibility index (Phi) is 7.76. The van der Waals surface area contributed by atoms with Gasteiger partial charge < -0.3 is 24.4 Å². The zero-order valence-corrected chi connectivity index (χ0v) is 18.6. The summed E-state index contributed by atoms with van der Waals surface area (Å²) in [5.74, 6) is 1.25. The van der Waals surface area contributed by atoms with E-state index < -0.39 is 0 Å². The molecule has 1 saturated heterocycles. The molecule has 0 aliphatic carbocycles. The first-order chi connectivity index (χ1) is 14.0. The quantitative estimate of drug-likeness (QED) is 0.578. The van der Waals surface area contributed by atoms with Crippen LogP contribution in [0.3, 0.4) is 0 Å². The summed E-state index contributed by atoms with van der Waals surface area (Å²) in [6.45, 7) is 10.2. The van der Waals surface area contributed by atoms with Crippen molar-refractivity contribution in [3.05, 3.63) is 45.9 Å². The summed E-state index contributed by atoms with van der Waals surface area (Å²) < 4.78 is 17.0. The third-order valence-corrected chi connectivity index (χ3v) is 5.10. The molecular weight excluding hydrogens is 411 g/mol. The van der Waals surface area contributed by atoms with E-state index >= 15 is 0 Å². The van der Waals surface area contributed by atoms with Gasteiger partial charge in [0.25, 0.3) is 0 Å². The number of nitrogens with one attached hydrogen (secondary N) is 1. The first-order valence-electron chi connectivity index (χ1n) is 9.96. The summed E-state index contributed by atoms with van der Waals surface area (Å²) in [4.78, 5) is 2.25. The van der Waals surface area contributed by atoms with E-state index in [1.807, 2.05) is 51.1 Å². The lowest BCUT2D eigenvalue weighted by Gasteiger charge is -2.29. The molecule has 0 saturated carbocycles. The minimum atomic E-state index is 0.0165. The maximum Gasteiger partial charge on any atom is 0.180 e. The van der Waals surface area contributed by atoms with Crippen molar-refractivity contribution in [2.45, 2.75) is 33.4 Å². The van der Waals surface area contributed by atoms with Crippen molar-refractivity contribution >= 4 is 34.6 Å². The predicted molar refractivity (Wildman–Crippen MR) is 120 cm³/mol. The highest BCUT2D eigenvalue weighted by Crippen LogP contribution is 2.38. The van der Waals surface area contributed by atoms with Crippen LogP contribution in [0.5, 0.6) is 11.5 Å². The van der Waals surface area contributed by atoms with E-state index in [1.54, 1.807) is 0 Å². The summed E-state index contributed by atoms with van der Waals surface area (Å²) in [5.41, 5.74) is 2.99. The third-order valence-electron chi connectivity index (χ3n) is 4.52. The number of morpholine rings is 1. The number of rotatable bonds is 8. The zero-order chi connectivity index (χ0) is 20.8. The fraction of sp³-hybridized carbons (Fsp3) is 0.455. The molecule has 158 valence electrons. The first-order valence-corrected chi connectivity index (χ1v) is 10.7. The SMILES string of the molecule is CCOc1cc(CNc2ccc(N3CCOCC3)c(Cl)c2)cc(Cl)c1OC(C)C. The van der Waals surface area contributed by atoms with Gasteiger partial charge in [0.1, 0.15) is 0 Å². The van der Waals surface area contributed by atoms with Crippen LogP contribution in [0.1, 0.15) is 26.3 Å². The number of hydrogen-bond acceptors (Lipinski definition) is 5. The average molecular weight is 439 g/mol. The number of hydrogen-bond donors (Lipinski definition) is 1. The molecule has 0 radical (unpaired) electrons. The molecule has 2 aromatic carbocycles. The second kappa shape index (κ2) is 10.3. The van der Waals surface area contributed by atoms with Gasteiger partial charge in [-0.05, 0) is 56.7 Å². The molecule has 0 atom stereocenters. The number of halogens is 2. The van der Waals surface area contributed by atoms with Gasteiger partial charge in [-0.1, -0.05) is 23.2 Å². The van der Waals surface area contributed by atoms with Crippen molar-refractivity contribution in [1.29, 1.82) is 0 Å². The Morgan fingerprint density at radius 1 is 1.10 bits per heavy atom. The molecule has 0 spiro atoms. The molecule has 2 aromatic rings. The van der Waals surface area contributed by atoms with Crippen molar-refractivity contribution in [2.24, 2.45) is 0 Å². The first kappa shape index (κ1) is 21.9. The molecule has 1 aliphatic rings. The fourth-order valence-corrected chi connectivity index (χ4v) is 3.80. The van der Waals surface area contributed by atoms with E-state index in [1.165, 1.54) is 0 Å². The summed E-state index contributed by atoms with van der Waals surface area (Å²) in [6.07, 6.45) is 0.0165. The lowest BCUT2D eigenvalue weighted by atomic mass is 10.2. The molecule has 29 heavy (non-hydrogen) atoms. The zero-order valence-electron chi connectivity index (χ0n) is 17.1. The van der Waals surface area contributed by atoms with E-state index in [2.05, 4.69) is 10.2 Å². The minimum absolute atomic E-state index is 0.0165. The van der Waals surface area contributed by atoms with E-state index in [4.69, 9.17) is 37.4 Å². The number of anilines is 2. The fourth-order valence-electron chi connectivity index (χ4n) is 3.22. The highest BCUT2D eigenvalue weighted by atomic mass is 35.5. The van der Waals surface area contributed by atoms with Gasteiger partial charge in [0.05, 0.1) is 41.7 Å². The van der Waals surface area contributed by atoms with E-state index in [0.717, 1.165) is 48.3 Å². The van der Waals surface area contributed by atoms with Crippen molar-refractivity contribution in [3.63, 3.8) is 0 Å². The highest BCUT2D eigenvalue weighted by molar-refractivity contribution is 6.33. The Hall–Kier alpha value is -1.82. The van der Waals surface area contributed by atoms with E-state index in [0.29, 0.717) is 29.7 Å². The monoisotopic (exact) mass is 438 g/mol. The molecule has 3 rings (SSSR count). The van der Waals surface area contributed by atoms with Crippen LogP contribution in [0.25, 0.3) is 0 Å². The van der Waals surface area contributed by atoms with Gasteiger partial charge >= 0.3 is 0 Å². The van der Waals surface area contributed by atoms with Crippen LogP contribution in [0.4, 0.5) is 11.4 Å². The number of benzene rings is 2. The topological polar surface area (TPSA) is 43.0 Å². The van der Waals surface area contributed by atoms with Crippen molar-refractivity contribution in [3.8, 4) is 11.5 Å². The molecule has 5 nitrogen and oxygen atoms in total. The molecule has 0 amide bonds. The Balaban J connectivity index is 1.71. The minimum Gasteiger partial charge on any atom is -0.490 e. The van der Waals surface area contributed by atoms with Crippen LogP contribution in [-0.2, 0) is 11.3 Å². The lowest BCUT2D eigenvalue weighted by molar-refractivity contribution is 0.122. The van der Waals surface area contributed by atoms with Crippen molar-refractivity contribution in [1.82, 2.24) is 0 Å². The standard InChI is InChI=1S/C22H28Cl2N2O3/c1-4-28-21-12-16(11-19(24)22(21)29-15(2)3)14-25-17-5-6-20(18(23)13-17)26-7-9-27-10-8-26/h5-6,11-13,15,25H,4,7-10,14H2,1-3H3. The van der Waals surface area contributed by atoms with Gasteiger partial charge in [0.2, 0.25) is 0 Å². The normalized spacial score (nSPS) is 14.2. The Morgan fingerprint density at radius 2 is 1.86 bits per heavy atom. The van der Waals surface area contributed by atoms with E-state index in [9.17, 15) is 0 Å². The number of nitrogens with zero attached hydrogens (tertiary/aromatic N) is 1. The van der Waals surface area contributed by atoms with Crippen molar-refractivity contribution < 1.29 is 14.2 Å². The van der Waals surface area contributed by atoms with Gasteiger partial charge in [-0.2, -0.15) is 0 Å². The molecule has 1 N–H and O–H groups in total. The second-order valence-electron chi connectivity index (χ2n) is 7.12. The number of ether oxygens (including phenoxy) is 3. The Bertz CT molecular complexity index is 824. The molecule has 1 fully saturated rings. The summed E-state index contributed by atoms with van der Waals surface area (Å²) in [5, 5.41) is 4.68. The largest absolute Gasteiger partial charge is 0.490 e. The Labute approximate surface area is 182 Å². The maximum absolute atomic E-state index is 6.53. The molecule has 7 heteroatoms. The lowest BCUT2D eigenvalue weighted by Crippen LogP contribution is -2.36. The van der Waals surface area contributed by atoms with Crippen LogP contribution in [0.2, 0.25) is 10.0 Å². The van der Waals surface area contributed by atoms with Crippen LogP contribution < -0.4 is 19.7 Å². The van der Waals surface area contributed by atoms with Crippen molar-refractivity contribution in [2.75, 3.05) is 43.1 Å². The van der Waals surface area contributed by atoms with Gasteiger partial charge in [0, 0.05) is 25.3 Å². The smallest absolute Gasteiger partial charge is 0.180 e. The van der Waals surface area contributed by atoms with Crippen LogP contribution in [-0.4, -0.2) is 39.0 Å². The van der Waals surface area contributed by atoms with Crippen LogP contribution >= 0.6 is 23.2 Å². The average Bonchev–Trinajstić information content (AvgIpc) is 2.70. The van der Waals surface area contributed by atoms with Gasteiger partial charge in [-0.15, -0.1) is 0 Å². The van der Waals surface area contributed by atoms with E-state index in [-0.39, 0.29) is 6.10 Å². The maximum atomic E-state index is 6.53. The Morgan fingerprint density at radius 3 is 2.52 bits per heavy atom. The third kappa shape index (κ3) is 5.84. The summed E-state index contributed by atoms with van der Waals surface area (Å²) in [6, 6.07) is 9.90. The van der Waals surface area contributed by atoms with Gasteiger partial charge in [0.15, 0.2) is 11.5 Å². The van der Waals surface area contributed by atoms with Gasteiger partial charge in [-0.25, -0.2) is 0 Å². The highest BCUT2D eigenvalue weighted by Gasteiger charge is 2.16.